The van der Waals surface area contributed by atoms with Crippen molar-refractivity contribution in [2.24, 2.45) is 0 Å². The van der Waals surface area contributed by atoms with Crippen LogP contribution in [0.4, 0.5) is 9.59 Å². The number of nitrogens with zero attached hydrogens (tertiary/aromatic N) is 4. The molecule has 1 heterocycles. The largest absolute Gasteiger partial charge is 0.480 e. The lowest BCUT2D eigenvalue weighted by Crippen LogP contribution is -2.51. The van der Waals surface area contributed by atoms with E-state index in [4.69, 9.17) is 14.2 Å². The number of rotatable bonds is 4. The third kappa shape index (κ3) is 15.0. The second-order valence-corrected chi connectivity index (χ2v) is 12.5. The molecule has 2 amide bonds. The molecule has 12 nitrogen and oxygen atoms in total. The Labute approximate surface area is 227 Å². The van der Waals surface area contributed by atoms with Crippen LogP contribution in [0.2, 0.25) is 0 Å². The minimum atomic E-state index is -0.990. The van der Waals surface area contributed by atoms with Crippen LogP contribution >= 0.6 is 0 Å². The Morgan fingerprint density at radius 3 is 1.21 bits per heavy atom. The molecule has 1 fully saturated rings. The summed E-state index contributed by atoms with van der Waals surface area (Å²) in [6.07, 6.45) is -1.07. The van der Waals surface area contributed by atoms with E-state index in [1.165, 1.54) is 9.80 Å². The second kappa shape index (κ2) is 14.0. The molecule has 0 aromatic heterocycles. The van der Waals surface area contributed by atoms with E-state index in [9.17, 15) is 24.3 Å². The molecule has 1 aliphatic rings. The number of carbonyl (C=O) groups excluding carboxylic acids is 3. The molecule has 1 rings (SSSR count). The zero-order valence-electron chi connectivity index (χ0n) is 24.7. The summed E-state index contributed by atoms with van der Waals surface area (Å²) in [6.45, 7) is 17.9. The molecule has 0 spiro atoms. The summed E-state index contributed by atoms with van der Waals surface area (Å²) in [5.74, 6) is -1.40. The van der Waals surface area contributed by atoms with Gasteiger partial charge in [0.25, 0.3) is 0 Å². The van der Waals surface area contributed by atoms with E-state index in [0.717, 1.165) is 0 Å². The zero-order chi connectivity index (χ0) is 29.3. The van der Waals surface area contributed by atoms with Crippen LogP contribution in [0.1, 0.15) is 62.3 Å². The molecule has 1 saturated heterocycles. The lowest BCUT2D eigenvalue weighted by atomic mass is 10.2. The average molecular weight is 545 g/mol. The van der Waals surface area contributed by atoms with Crippen LogP contribution in [0.15, 0.2) is 0 Å². The highest BCUT2D eigenvalue weighted by molar-refractivity contribution is 5.72. The lowest BCUT2D eigenvalue weighted by Gasteiger charge is -2.35. The summed E-state index contributed by atoms with van der Waals surface area (Å²) in [5, 5.41) is 9.42. The van der Waals surface area contributed by atoms with Gasteiger partial charge in [-0.05, 0) is 62.3 Å². The maximum absolute atomic E-state index is 13.0. The van der Waals surface area contributed by atoms with Crippen LogP contribution < -0.4 is 0 Å². The van der Waals surface area contributed by atoms with Crippen LogP contribution in [0.25, 0.3) is 0 Å². The van der Waals surface area contributed by atoms with Crippen molar-refractivity contribution in [2.45, 2.75) is 79.1 Å². The highest BCUT2D eigenvalue weighted by atomic mass is 16.6. The van der Waals surface area contributed by atoms with Gasteiger partial charge in [0.2, 0.25) is 0 Å². The summed E-state index contributed by atoms with van der Waals surface area (Å²) < 4.78 is 16.6. The molecule has 1 aliphatic heterocycles. The quantitative estimate of drug-likeness (QED) is 0.416. The predicted octanol–water partition coefficient (Wildman–Crippen LogP) is 2.50. The molecule has 12 heteroatoms. The van der Waals surface area contributed by atoms with Gasteiger partial charge in [0.05, 0.1) is 13.1 Å². The first-order valence-corrected chi connectivity index (χ1v) is 13.1. The third-order valence-corrected chi connectivity index (χ3v) is 5.18. The van der Waals surface area contributed by atoms with Crippen molar-refractivity contribution in [3.8, 4) is 0 Å². The fraction of sp³-hybridized carbons (Fsp3) is 0.846. The van der Waals surface area contributed by atoms with Crippen LogP contribution in [-0.4, -0.2) is 131 Å². The molecular weight excluding hydrogens is 496 g/mol. The molecule has 0 radical (unpaired) electrons. The minimum Gasteiger partial charge on any atom is -0.480 e. The highest BCUT2D eigenvalue weighted by Crippen LogP contribution is 2.14. The van der Waals surface area contributed by atoms with E-state index in [-0.39, 0.29) is 45.8 Å². The van der Waals surface area contributed by atoms with Crippen LogP contribution in [0.3, 0.4) is 0 Å². The van der Waals surface area contributed by atoms with Crippen molar-refractivity contribution >= 4 is 24.1 Å². The molecule has 38 heavy (non-hydrogen) atoms. The van der Waals surface area contributed by atoms with Gasteiger partial charge in [-0.3, -0.25) is 19.4 Å². The number of carboxylic acids is 1. The molecule has 0 aromatic carbocycles. The van der Waals surface area contributed by atoms with Crippen molar-refractivity contribution < 1.29 is 38.5 Å². The molecule has 0 unspecified atom stereocenters. The number of amides is 2. The van der Waals surface area contributed by atoms with E-state index in [2.05, 4.69) is 0 Å². The Bertz CT molecular complexity index is 814. The Kier molecular flexibility index (Phi) is 12.3. The van der Waals surface area contributed by atoms with Gasteiger partial charge in [0.1, 0.15) is 16.8 Å². The van der Waals surface area contributed by atoms with Crippen molar-refractivity contribution in [1.29, 1.82) is 0 Å². The summed E-state index contributed by atoms with van der Waals surface area (Å²) in [4.78, 5) is 56.6. The van der Waals surface area contributed by atoms with Crippen LogP contribution in [-0.2, 0) is 23.8 Å². The zero-order valence-corrected chi connectivity index (χ0v) is 24.7. The molecule has 0 aromatic rings. The summed E-state index contributed by atoms with van der Waals surface area (Å²) >= 11 is 0. The number of carboxylic acid groups (broad SMARTS) is 1. The standard InChI is InChI=1S/C26H48N4O8/c1-24(2,3)36-21(33)19-28-11-10-27(18-20(31)32)12-14-29(22(34)37-25(4,5)6)16-17-30(15-13-28)23(35)38-26(7,8)9/h10-19H2,1-9H3,(H,31,32). The van der Waals surface area contributed by atoms with Gasteiger partial charge in [-0.15, -0.1) is 0 Å². The van der Waals surface area contributed by atoms with Gasteiger partial charge in [-0.1, -0.05) is 0 Å². The number of hydrogen-bond acceptors (Lipinski definition) is 9. The summed E-state index contributed by atoms with van der Waals surface area (Å²) in [5.41, 5.74) is -2.07. The average Bonchev–Trinajstić information content (AvgIpc) is 2.67. The van der Waals surface area contributed by atoms with Crippen molar-refractivity contribution in [1.82, 2.24) is 19.6 Å². The molecule has 0 atom stereocenters. The van der Waals surface area contributed by atoms with E-state index >= 15 is 0 Å². The van der Waals surface area contributed by atoms with E-state index in [0.29, 0.717) is 19.6 Å². The van der Waals surface area contributed by atoms with E-state index in [1.54, 1.807) is 67.2 Å². The Morgan fingerprint density at radius 1 is 0.553 bits per heavy atom. The van der Waals surface area contributed by atoms with Gasteiger partial charge in [-0.2, -0.15) is 0 Å². The number of carbonyl (C=O) groups is 4. The highest BCUT2D eigenvalue weighted by Gasteiger charge is 2.28. The van der Waals surface area contributed by atoms with Crippen molar-refractivity contribution in [2.75, 3.05) is 65.4 Å². The Morgan fingerprint density at radius 2 is 0.868 bits per heavy atom. The van der Waals surface area contributed by atoms with Crippen molar-refractivity contribution in [3.05, 3.63) is 0 Å². The number of ether oxygens (including phenoxy) is 3. The Balaban J connectivity index is 3.19. The van der Waals surface area contributed by atoms with Gasteiger partial charge < -0.3 is 29.1 Å². The van der Waals surface area contributed by atoms with Gasteiger partial charge in [0, 0.05) is 52.4 Å². The molecule has 220 valence electrons. The number of aliphatic carboxylic acids is 1. The first-order valence-electron chi connectivity index (χ1n) is 13.1. The lowest BCUT2D eigenvalue weighted by molar-refractivity contribution is -0.156. The van der Waals surface area contributed by atoms with E-state index in [1.807, 2.05) is 4.90 Å². The topological polar surface area (TPSA) is 129 Å². The summed E-state index contributed by atoms with van der Waals surface area (Å²) in [7, 11) is 0. The first kappa shape index (κ1) is 33.4. The number of hydrogen-bond donors (Lipinski definition) is 1. The monoisotopic (exact) mass is 544 g/mol. The maximum atomic E-state index is 13.0. The molecular formula is C26H48N4O8. The second-order valence-electron chi connectivity index (χ2n) is 12.5. The minimum absolute atomic E-state index is 0.00955. The normalized spacial score (nSPS) is 17.7. The molecule has 0 bridgehead atoms. The van der Waals surface area contributed by atoms with Crippen molar-refractivity contribution in [3.63, 3.8) is 0 Å². The van der Waals surface area contributed by atoms with Gasteiger partial charge in [0.15, 0.2) is 0 Å². The smallest absolute Gasteiger partial charge is 0.410 e. The summed E-state index contributed by atoms with van der Waals surface area (Å²) in [6, 6.07) is 0. The first-order chi connectivity index (χ1) is 17.2. The SMILES string of the molecule is CC(C)(C)OC(=O)CN1CCN(CC(=O)O)CCN(C(=O)OC(C)(C)C)CCN(C(=O)OC(C)(C)C)CC1. The van der Waals surface area contributed by atoms with E-state index < -0.39 is 40.9 Å². The van der Waals surface area contributed by atoms with Gasteiger partial charge in [-0.25, -0.2) is 9.59 Å². The predicted molar refractivity (Wildman–Crippen MR) is 142 cm³/mol. The molecule has 0 aliphatic carbocycles. The Hall–Kier alpha value is -2.60. The van der Waals surface area contributed by atoms with Crippen LogP contribution in [0, 0.1) is 0 Å². The molecule has 0 saturated carbocycles. The fourth-order valence-corrected chi connectivity index (χ4v) is 3.58. The fourth-order valence-electron chi connectivity index (χ4n) is 3.58. The number of esters is 1. The van der Waals surface area contributed by atoms with Gasteiger partial charge >= 0.3 is 24.1 Å². The third-order valence-electron chi connectivity index (χ3n) is 5.18. The molecule has 1 N–H and O–H groups in total. The maximum Gasteiger partial charge on any atom is 0.410 e. The van der Waals surface area contributed by atoms with Crippen LogP contribution in [0.5, 0.6) is 0 Å².